The van der Waals surface area contributed by atoms with Gasteiger partial charge in [-0.2, -0.15) is 0 Å². The maximum atomic E-state index is 11.4. The van der Waals surface area contributed by atoms with Gasteiger partial charge in [0.1, 0.15) is 5.75 Å². The van der Waals surface area contributed by atoms with Gasteiger partial charge in [0.2, 0.25) is 5.75 Å². The molecule has 1 aromatic heterocycles. The third-order valence-corrected chi connectivity index (χ3v) is 2.64. The number of hydrogen-bond acceptors (Lipinski definition) is 6. The van der Waals surface area contributed by atoms with Crippen LogP contribution in [0.5, 0.6) is 17.4 Å². The lowest BCUT2D eigenvalue weighted by Crippen LogP contribution is -2.11. The molecular weight excluding hydrogens is 296 g/mol. The number of nitrogens with zero attached hydrogens (tertiary/aromatic N) is 2. The lowest BCUT2D eigenvalue weighted by Gasteiger charge is -2.11. The second-order valence-electron chi connectivity index (χ2n) is 3.99. The van der Waals surface area contributed by atoms with E-state index >= 15 is 0 Å². The highest BCUT2D eigenvalue weighted by Gasteiger charge is 2.16. The topological polar surface area (TPSA) is 70.5 Å². The van der Waals surface area contributed by atoms with E-state index in [-0.39, 0.29) is 23.4 Å². The van der Waals surface area contributed by atoms with Gasteiger partial charge in [-0.3, -0.25) is 0 Å². The molecule has 0 unspecified atom stereocenters. The third kappa shape index (κ3) is 4.06. The smallest absolute Gasteiger partial charge is 0.435 e. The highest BCUT2D eigenvalue weighted by Crippen LogP contribution is 2.31. The Labute approximate surface area is 126 Å². The van der Waals surface area contributed by atoms with Crippen molar-refractivity contribution in [1.82, 2.24) is 10.2 Å². The molecule has 0 amide bonds. The number of carbonyl (C=O) groups excluding carboxylic acids is 1. The van der Waals surface area contributed by atoms with Crippen molar-refractivity contribution in [3.8, 4) is 17.4 Å². The Balaban J connectivity index is 2.26. The van der Waals surface area contributed by atoms with E-state index in [1.165, 1.54) is 6.07 Å². The summed E-state index contributed by atoms with van der Waals surface area (Å²) in [5, 5.41) is 7.54. The second kappa shape index (κ2) is 6.90. The number of hydrogen-bond donors (Lipinski definition) is 0. The quantitative estimate of drug-likeness (QED) is 0.801. The Hall–Kier alpha value is -2.34. The number of benzene rings is 1. The first-order valence-corrected chi connectivity index (χ1v) is 6.59. The minimum absolute atomic E-state index is 0.0294. The lowest BCUT2D eigenvalue weighted by atomic mass is 10.2. The van der Waals surface area contributed by atoms with Gasteiger partial charge in [-0.05, 0) is 25.5 Å². The van der Waals surface area contributed by atoms with Gasteiger partial charge in [0.25, 0.3) is 5.88 Å². The second-order valence-corrected chi connectivity index (χ2v) is 4.38. The highest BCUT2D eigenvalue weighted by molar-refractivity contribution is 6.29. The van der Waals surface area contributed by atoms with Crippen molar-refractivity contribution in [2.75, 3.05) is 6.61 Å². The van der Waals surface area contributed by atoms with Crippen molar-refractivity contribution in [2.24, 2.45) is 0 Å². The SMILES string of the molecule is CCOC(=O)Oc1cc(Cl)nnc1Oc1ccccc1C. The molecule has 0 aliphatic heterocycles. The Morgan fingerprint density at radius 3 is 2.71 bits per heavy atom. The molecule has 1 heterocycles. The molecule has 110 valence electrons. The molecule has 0 atom stereocenters. The average Bonchev–Trinajstić information content (AvgIpc) is 2.44. The number of para-hydroxylation sites is 1. The number of ether oxygens (including phenoxy) is 3. The Morgan fingerprint density at radius 1 is 1.24 bits per heavy atom. The molecule has 0 saturated carbocycles. The Morgan fingerprint density at radius 2 is 2.00 bits per heavy atom. The first kappa shape index (κ1) is 15.1. The summed E-state index contributed by atoms with van der Waals surface area (Å²) in [6, 6.07) is 8.67. The van der Waals surface area contributed by atoms with Crippen LogP contribution < -0.4 is 9.47 Å². The maximum Gasteiger partial charge on any atom is 0.514 e. The fourth-order valence-electron chi connectivity index (χ4n) is 1.50. The average molecular weight is 309 g/mol. The Bertz CT molecular complexity index is 649. The molecule has 0 aliphatic carbocycles. The van der Waals surface area contributed by atoms with Crippen molar-refractivity contribution >= 4 is 17.8 Å². The zero-order chi connectivity index (χ0) is 15.2. The first-order valence-electron chi connectivity index (χ1n) is 6.21. The van der Waals surface area contributed by atoms with Gasteiger partial charge in [0.15, 0.2) is 5.15 Å². The lowest BCUT2D eigenvalue weighted by molar-refractivity contribution is 0.103. The molecule has 0 spiro atoms. The minimum Gasteiger partial charge on any atom is -0.435 e. The number of carbonyl (C=O) groups is 1. The van der Waals surface area contributed by atoms with Crippen molar-refractivity contribution in [2.45, 2.75) is 13.8 Å². The van der Waals surface area contributed by atoms with Gasteiger partial charge in [0.05, 0.1) is 6.61 Å². The zero-order valence-corrected chi connectivity index (χ0v) is 12.3. The van der Waals surface area contributed by atoms with E-state index in [0.717, 1.165) is 5.56 Å². The Kier molecular flexibility index (Phi) is 4.94. The molecule has 0 aliphatic rings. The van der Waals surface area contributed by atoms with E-state index in [2.05, 4.69) is 10.2 Å². The normalized spacial score (nSPS) is 10.0. The van der Waals surface area contributed by atoms with Crippen LogP contribution in [0.4, 0.5) is 4.79 Å². The van der Waals surface area contributed by atoms with Gasteiger partial charge < -0.3 is 14.2 Å². The molecular formula is C14H13ClN2O4. The van der Waals surface area contributed by atoms with Gasteiger partial charge in [-0.25, -0.2) is 4.79 Å². The van der Waals surface area contributed by atoms with E-state index in [9.17, 15) is 4.79 Å². The molecule has 7 heteroatoms. The van der Waals surface area contributed by atoms with Crippen molar-refractivity contribution in [3.63, 3.8) is 0 Å². The van der Waals surface area contributed by atoms with E-state index in [0.29, 0.717) is 5.75 Å². The summed E-state index contributed by atoms with van der Waals surface area (Å²) in [7, 11) is 0. The fraction of sp³-hybridized carbons (Fsp3) is 0.214. The molecule has 2 rings (SSSR count). The number of aromatic nitrogens is 2. The van der Waals surface area contributed by atoms with Crippen molar-refractivity contribution in [1.29, 1.82) is 0 Å². The molecule has 2 aromatic rings. The summed E-state index contributed by atoms with van der Waals surface area (Å²) >= 11 is 5.75. The highest BCUT2D eigenvalue weighted by atomic mass is 35.5. The summed E-state index contributed by atoms with van der Waals surface area (Å²) in [5.41, 5.74) is 0.899. The van der Waals surface area contributed by atoms with Crippen LogP contribution in [0.15, 0.2) is 30.3 Å². The monoisotopic (exact) mass is 308 g/mol. The summed E-state index contributed by atoms with van der Waals surface area (Å²) in [6.07, 6.45) is -0.865. The van der Waals surface area contributed by atoms with Crippen molar-refractivity contribution in [3.05, 3.63) is 41.0 Å². The molecule has 21 heavy (non-hydrogen) atoms. The van der Waals surface area contributed by atoms with Crippen molar-refractivity contribution < 1.29 is 19.0 Å². The molecule has 0 fully saturated rings. The van der Waals surface area contributed by atoms with E-state index in [4.69, 9.17) is 25.8 Å². The number of aryl methyl sites for hydroxylation is 1. The first-order chi connectivity index (χ1) is 10.1. The van der Waals surface area contributed by atoms with Crippen LogP contribution in [-0.2, 0) is 4.74 Å². The molecule has 0 radical (unpaired) electrons. The van der Waals surface area contributed by atoms with Gasteiger partial charge >= 0.3 is 6.16 Å². The van der Waals surface area contributed by atoms with Crippen LogP contribution in [0.1, 0.15) is 12.5 Å². The maximum absolute atomic E-state index is 11.4. The van der Waals surface area contributed by atoms with Gasteiger partial charge in [-0.15, -0.1) is 10.2 Å². The summed E-state index contributed by atoms with van der Waals surface area (Å²) in [5.74, 6) is 0.640. The summed E-state index contributed by atoms with van der Waals surface area (Å²) in [6.45, 7) is 3.74. The van der Waals surface area contributed by atoms with E-state index < -0.39 is 6.16 Å². The predicted octanol–water partition coefficient (Wildman–Crippen LogP) is 3.77. The number of halogens is 1. The fourth-order valence-corrected chi connectivity index (χ4v) is 1.63. The molecule has 0 saturated heterocycles. The van der Waals surface area contributed by atoms with E-state index in [1.807, 2.05) is 25.1 Å². The largest absolute Gasteiger partial charge is 0.514 e. The standard InChI is InChI=1S/C14H13ClN2O4/c1-3-19-14(18)21-11-8-12(15)16-17-13(11)20-10-7-5-4-6-9(10)2/h4-8H,3H2,1-2H3. The third-order valence-electron chi connectivity index (χ3n) is 2.45. The van der Waals surface area contributed by atoms with Crippen LogP contribution >= 0.6 is 11.6 Å². The van der Waals surface area contributed by atoms with Gasteiger partial charge in [0, 0.05) is 6.07 Å². The van der Waals surface area contributed by atoms with Crippen LogP contribution in [0.25, 0.3) is 0 Å². The number of rotatable bonds is 4. The van der Waals surface area contributed by atoms with E-state index in [1.54, 1.807) is 13.0 Å². The summed E-state index contributed by atoms with van der Waals surface area (Å²) < 4.78 is 15.3. The van der Waals surface area contributed by atoms with Gasteiger partial charge in [-0.1, -0.05) is 29.8 Å². The van der Waals surface area contributed by atoms with Crippen LogP contribution in [0.2, 0.25) is 5.15 Å². The van der Waals surface area contributed by atoms with Crippen LogP contribution in [0.3, 0.4) is 0 Å². The van der Waals surface area contributed by atoms with Crippen LogP contribution in [-0.4, -0.2) is 23.0 Å². The minimum atomic E-state index is -0.865. The van der Waals surface area contributed by atoms with Crippen LogP contribution in [0, 0.1) is 6.92 Å². The molecule has 6 nitrogen and oxygen atoms in total. The summed E-state index contributed by atoms with van der Waals surface area (Å²) in [4.78, 5) is 11.4. The molecule has 1 aromatic carbocycles. The predicted molar refractivity (Wildman–Crippen MR) is 75.9 cm³/mol. The zero-order valence-electron chi connectivity index (χ0n) is 11.5. The molecule has 0 bridgehead atoms. The molecule has 0 N–H and O–H groups in total.